The summed E-state index contributed by atoms with van der Waals surface area (Å²) in [6.07, 6.45) is 3.07. The normalized spacial score (nSPS) is 19.9. The van der Waals surface area contributed by atoms with Gasteiger partial charge in [-0.1, -0.05) is 0 Å². The third kappa shape index (κ3) is 2.18. The molecule has 10 heteroatoms. The number of H-pyrrole nitrogens is 1. The molecule has 1 amide bonds. The number of nitrogens with zero attached hydrogens (tertiary/aromatic N) is 5. The summed E-state index contributed by atoms with van der Waals surface area (Å²) < 4.78 is 29.5. The highest BCUT2D eigenvalue weighted by Gasteiger charge is 2.64. The number of rotatable bonds is 2. The van der Waals surface area contributed by atoms with Crippen molar-refractivity contribution in [3.8, 4) is 5.95 Å². The van der Waals surface area contributed by atoms with Crippen LogP contribution < -0.4 is 5.56 Å². The van der Waals surface area contributed by atoms with E-state index in [4.69, 9.17) is 0 Å². The number of nitrogens with one attached hydrogen (secondary N) is 1. The quantitative estimate of drug-likeness (QED) is 0.737. The molecule has 1 aliphatic carbocycles. The van der Waals surface area contributed by atoms with Gasteiger partial charge in [0.15, 0.2) is 0 Å². The maximum Gasteiger partial charge on any atom is 0.276 e. The number of hydrogen-bond acceptors (Lipinski definition) is 4. The Labute approximate surface area is 151 Å². The highest BCUT2D eigenvalue weighted by Crippen LogP contribution is 2.55. The molecule has 8 nitrogen and oxygen atoms in total. The second kappa shape index (κ2) is 5.02. The number of hydrogen-bond donors (Lipinski definition) is 1. The highest BCUT2D eigenvalue weighted by molar-refractivity contribution is 5.96. The molecule has 0 atom stereocenters. The second-order valence-corrected chi connectivity index (χ2v) is 7.31. The molecular weight excluding hydrogens is 358 g/mol. The molecule has 1 spiro atoms. The van der Waals surface area contributed by atoms with Crippen LogP contribution in [0.15, 0.2) is 29.3 Å². The monoisotopic (exact) mass is 374 g/mol. The zero-order valence-electron chi connectivity index (χ0n) is 14.4. The van der Waals surface area contributed by atoms with E-state index in [0.29, 0.717) is 29.7 Å². The van der Waals surface area contributed by atoms with Gasteiger partial charge in [-0.2, -0.15) is 5.10 Å². The Bertz CT molecular complexity index is 1140. The summed E-state index contributed by atoms with van der Waals surface area (Å²) in [6, 6.07) is 3.34. The Morgan fingerprint density at radius 1 is 1.33 bits per heavy atom. The van der Waals surface area contributed by atoms with Gasteiger partial charge in [-0.3, -0.25) is 14.6 Å². The zero-order valence-corrected chi connectivity index (χ0v) is 14.4. The largest absolute Gasteiger partial charge is 0.332 e. The van der Waals surface area contributed by atoms with Gasteiger partial charge in [0.05, 0.1) is 23.0 Å². The first-order valence-electron chi connectivity index (χ1n) is 8.62. The van der Waals surface area contributed by atoms with Gasteiger partial charge in [0, 0.05) is 25.6 Å². The fourth-order valence-corrected chi connectivity index (χ4v) is 4.14. The summed E-state index contributed by atoms with van der Waals surface area (Å²) in [4.78, 5) is 29.2. The van der Waals surface area contributed by atoms with Crippen LogP contribution in [0.25, 0.3) is 11.5 Å². The number of alkyl halides is 2. The molecule has 27 heavy (non-hydrogen) atoms. The first-order chi connectivity index (χ1) is 12.8. The topological polar surface area (TPSA) is 88.3 Å². The average Bonchev–Trinajstić information content (AvgIpc) is 3.17. The van der Waals surface area contributed by atoms with Crippen molar-refractivity contribution >= 4 is 11.4 Å². The number of amides is 1. The number of halogens is 2. The Balaban J connectivity index is 1.48. The minimum absolute atomic E-state index is 0.175. The fourth-order valence-electron chi connectivity index (χ4n) is 4.14. The third-order valence-corrected chi connectivity index (χ3v) is 5.62. The number of likely N-dealkylation sites (tertiary alicyclic amines) is 1. The van der Waals surface area contributed by atoms with Gasteiger partial charge in [-0.05, 0) is 25.5 Å². The smallest absolute Gasteiger partial charge is 0.276 e. The summed E-state index contributed by atoms with van der Waals surface area (Å²) in [5.74, 6) is -2.83. The maximum absolute atomic E-state index is 13.3. The number of fused-ring (bicyclic) bond motifs is 1. The van der Waals surface area contributed by atoms with Crippen molar-refractivity contribution in [2.75, 3.05) is 6.54 Å². The van der Waals surface area contributed by atoms with Crippen LogP contribution in [0, 0.1) is 6.92 Å². The van der Waals surface area contributed by atoms with E-state index in [9.17, 15) is 18.4 Å². The van der Waals surface area contributed by atoms with E-state index in [1.54, 1.807) is 25.3 Å². The van der Waals surface area contributed by atoms with E-state index in [-0.39, 0.29) is 30.3 Å². The van der Waals surface area contributed by atoms with Crippen molar-refractivity contribution < 1.29 is 13.6 Å². The van der Waals surface area contributed by atoms with Gasteiger partial charge < -0.3 is 4.90 Å². The van der Waals surface area contributed by atoms with Crippen LogP contribution in [0.5, 0.6) is 0 Å². The molecule has 0 bridgehead atoms. The van der Waals surface area contributed by atoms with Crippen LogP contribution in [0.2, 0.25) is 0 Å². The summed E-state index contributed by atoms with van der Waals surface area (Å²) in [5.41, 5.74) is 0.160. The van der Waals surface area contributed by atoms with Gasteiger partial charge in [-0.25, -0.2) is 18.0 Å². The minimum atomic E-state index is -2.69. The van der Waals surface area contributed by atoms with Crippen molar-refractivity contribution in [3.63, 3.8) is 0 Å². The van der Waals surface area contributed by atoms with E-state index >= 15 is 0 Å². The van der Waals surface area contributed by atoms with Crippen molar-refractivity contribution in [2.45, 2.75) is 37.6 Å². The van der Waals surface area contributed by atoms with E-state index in [0.717, 1.165) is 0 Å². The minimum Gasteiger partial charge on any atom is -0.332 e. The van der Waals surface area contributed by atoms with Crippen molar-refractivity contribution in [1.82, 2.24) is 29.3 Å². The SMILES string of the molecule is Cc1c(C(=O)N2CCC23CC(F)(F)C3)cnn1-c1nn2cccc2c(=O)[nH]1. The maximum atomic E-state index is 13.3. The van der Waals surface area contributed by atoms with Crippen LogP contribution in [-0.4, -0.2) is 53.2 Å². The van der Waals surface area contributed by atoms with Gasteiger partial charge in [0.2, 0.25) is 5.95 Å². The second-order valence-electron chi connectivity index (χ2n) is 7.31. The van der Waals surface area contributed by atoms with Crippen LogP contribution in [0.3, 0.4) is 0 Å². The standard InChI is InChI=1S/C17H16F2N6O2/c1-10-11(14(27)23-6-4-16(23)8-17(18,19)9-16)7-20-25(10)15-21-13(26)12-3-2-5-24(12)22-15/h2-3,5,7H,4,6,8-9H2,1H3,(H,21,22,26). The van der Waals surface area contributed by atoms with Gasteiger partial charge in [-0.15, -0.1) is 5.10 Å². The predicted octanol–water partition coefficient (Wildman–Crippen LogP) is 1.53. The Morgan fingerprint density at radius 3 is 2.78 bits per heavy atom. The van der Waals surface area contributed by atoms with Crippen LogP contribution in [0.1, 0.15) is 35.3 Å². The lowest BCUT2D eigenvalue weighted by Crippen LogP contribution is -2.71. The van der Waals surface area contributed by atoms with E-state index in [1.165, 1.54) is 20.3 Å². The lowest BCUT2D eigenvalue weighted by molar-refractivity contribution is -0.198. The fraction of sp³-hybridized carbons (Fsp3) is 0.412. The molecule has 0 unspecified atom stereocenters. The molecule has 3 aromatic rings. The van der Waals surface area contributed by atoms with Crippen LogP contribution >= 0.6 is 0 Å². The zero-order chi connectivity index (χ0) is 19.0. The molecule has 0 aromatic carbocycles. The number of carbonyl (C=O) groups excluding carboxylic acids is 1. The molecular formula is C17H16F2N6O2. The summed E-state index contributed by atoms with van der Waals surface area (Å²) in [7, 11) is 0. The molecule has 1 saturated heterocycles. The van der Waals surface area contributed by atoms with Crippen molar-refractivity contribution in [3.05, 3.63) is 46.1 Å². The molecule has 4 heterocycles. The Morgan fingerprint density at radius 2 is 2.11 bits per heavy atom. The van der Waals surface area contributed by atoms with E-state index < -0.39 is 11.5 Å². The van der Waals surface area contributed by atoms with Gasteiger partial charge >= 0.3 is 0 Å². The van der Waals surface area contributed by atoms with Crippen LogP contribution in [0.4, 0.5) is 8.78 Å². The van der Waals surface area contributed by atoms with Crippen molar-refractivity contribution in [2.24, 2.45) is 0 Å². The molecule has 1 saturated carbocycles. The number of aromatic nitrogens is 5. The summed E-state index contributed by atoms with van der Waals surface area (Å²) in [5, 5.41) is 8.47. The average molecular weight is 374 g/mol. The molecule has 1 N–H and O–H groups in total. The molecule has 1 aliphatic heterocycles. The molecule has 2 aliphatic rings. The summed E-state index contributed by atoms with van der Waals surface area (Å²) >= 11 is 0. The Kier molecular flexibility index (Phi) is 3.00. The highest BCUT2D eigenvalue weighted by atomic mass is 19.3. The lowest BCUT2D eigenvalue weighted by atomic mass is 9.65. The number of aromatic amines is 1. The molecule has 3 aromatic heterocycles. The number of carbonyl (C=O) groups is 1. The van der Waals surface area contributed by atoms with Gasteiger partial charge in [0.1, 0.15) is 5.52 Å². The molecule has 140 valence electrons. The first kappa shape index (κ1) is 16.2. The molecule has 5 rings (SSSR count). The molecule has 0 radical (unpaired) electrons. The predicted molar refractivity (Wildman–Crippen MR) is 90.2 cm³/mol. The lowest BCUT2D eigenvalue weighted by Gasteiger charge is -2.61. The molecule has 2 fully saturated rings. The first-order valence-corrected chi connectivity index (χ1v) is 8.62. The summed E-state index contributed by atoms with van der Waals surface area (Å²) in [6.45, 7) is 2.14. The third-order valence-electron chi connectivity index (χ3n) is 5.62. The van der Waals surface area contributed by atoms with Gasteiger partial charge in [0.25, 0.3) is 17.4 Å². The Hall–Kier alpha value is -3.04. The van der Waals surface area contributed by atoms with E-state index in [2.05, 4.69) is 15.2 Å². The van der Waals surface area contributed by atoms with Crippen LogP contribution in [-0.2, 0) is 0 Å². The van der Waals surface area contributed by atoms with E-state index in [1.807, 2.05) is 0 Å². The van der Waals surface area contributed by atoms with Crippen molar-refractivity contribution in [1.29, 1.82) is 0 Å².